The molecule has 154 valence electrons. The van der Waals surface area contributed by atoms with Crippen LogP contribution in [-0.4, -0.2) is 77.5 Å². The summed E-state index contributed by atoms with van der Waals surface area (Å²) in [6.45, 7) is 10.1. The van der Waals surface area contributed by atoms with Crippen LogP contribution in [0, 0.1) is 5.92 Å². The number of carbonyl (C=O) groups excluding carboxylic acids is 2. The van der Waals surface area contributed by atoms with Gasteiger partial charge in [0.25, 0.3) is 0 Å². The van der Waals surface area contributed by atoms with Crippen molar-refractivity contribution < 1.29 is 9.59 Å². The molecule has 1 saturated carbocycles. The fourth-order valence-corrected chi connectivity index (χ4v) is 5.07. The summed E-state index contributed by atoms with van der Waals surface area (Å²) >= 11 is 0. The van der Waals surface area contributed by atoms with Gasteiger partial charge < -0.3 is 15.1 Å². The number of hydrogen-bond acceptors (Lipinski definition) is 3. The Hall–Kier alpha value is -1.30. The molecule has 1 aliphatic carbocycles. The second kappa shape index (κ2) is 9.26. The Kier molecular flexibility index (Phi) is 7.01. The van der Waals surface area contributed by atoms with Gasteiger partial charge in [0.05, 0.1) is 6.04 Å². The van der Waals surface area contributed by atoms with Gasteiger partial charge in [-0.3, -0.25) is 9.69 Å². The van der Waals surface area contributed by atoms with E-state index in [0.717, 1.165) is 32.5 Å². The second-order valence-electron chi connectivity index (χ2n) is 8.99. The monoisotopic (exact) mass is 378 g/mol. The Morgan fingerprint density at radius 1 is 0.889 bits per heavy atom. The molecular formula is C21H38N4O2. The topological polar surface area (TPSA) is 55.9 Å². The average Bonchev–Trinajstić information content (AvgIpc) is 3.16. The Bertz CT molecular complexity index is 510. The first-order valence-electron chi connectivity index (χ1n) is 11.1. The van der Waals surface area contributed by atoms with Crippen LogP contribution in [0.3, 0.4) is 0 Å². The SMILES string of the molecule is CC(C)NC(=O)N1CCN(C(C(=O)N2CCCCC2C)C2CCCC2)CC1. The summed E-state index contributed by atoms with van der Waals surface area (Å²) in [6.07, 6.45) is 8.35. The molecule has 1 N–H and O–H groups in total. The third-order valence-electron chi connectivity index (χ3n) is 6.59. The zero-order valence-corrected chi connectivity index (χ0v) is 17.5. The van der Waals surface area contributed by atoms with Gasteiger partial charge in [-0.15, -0.1) is 0 Å². The molecule has 0 aromatic rings. The molecule has 2 saturated heterocycles. The van der Waals surface area contributed by atoms with Gasteiger partial charge in [0, 0.05) is 44.8 Å². The highest BCUT2D eigenvalue weighted by molar-refractivity contribution is 5.83. The third-order valence-corrected chi connectivity index (χ3v) is 6.59. The predicted molar refractivity (Wildman–Crippen MR) is 108 cm³/mol. The highest BCUT2D eigenvalue weighted by atomic mass is 16.2. The van der Waals surface area contributed by atoms with Crippen molar-refractivity contribution in [1.82, 2.24) is 20.0 Å². The van der Waals surface area contributed by atoms with E-state index in [-0.39, 0.29) is 18.1 Å². The molecule has 3 amide bonds. The van der Waals surface area contributed by atoms with Crippen molar-refractivity contribution in [2.45, 2.75) is 83.8 Å². The number of amides is 3. The largest absolute Gasteiger partial charge is 0.339 e. The molecule has 3 fully saturated rings. The Morgan fingerprint density at radius 2 is 1.52 bits per heavy atom. The van der Waals surface area contributed by atoms with Crippen LogP contribution in [0.4, 0.5) is 4.79 Å². The van der Waals surface area contributed by atoms with E-state index in [1.54, 1.807) is 0 Å². The lowest BCUT2D eigenvalue weighted by Gasteiger charge is -2.44. The highest BCUT2D eigenvalue weighted by Crippen LogP contribution is 2.33. The molecule has 3 aliphatic rings. The van der Waals surface area contributed by atoms with Crippen LogP contribution in [0.25, 0.3) is 0 Å². The summed E-state index contributed by atoms with van der Waals surface area (Å²) in [5, 5.41) is 2.99. The van der Waals surface area contributed by atoms with Gasteiger partial charge in [0.15, 0.2) is 0 Å². The first kappa shape index (κ1) is 20.4. The van der Waals surface area contributed by atoms with Crippen LogP contribution in [0.1, 0.15) is 65.7 Å². The maximum absolute atomic E-state index is 13.5. The minimum absolute atomic E-state index is 0.0170. The van der Waals surface area contributed by atoms with Gasteiger partial charge in [-0.1, -0.05) is 12.8 Å². The van der Waals surface area contributed by atoms with E-state index in [1.807, 2.05) is 18.7 Å². The van der Waals surface area contributed by atoms with Crippen LogP contribution < -0.4 is 5.32 Å². The number of piperazine rings is 1. The lowest BCUT2D eigenvalue weighted by Crippen LogP contribution is -2.60. The number of nitrogens with zero attached hydrogens (tertiary/aromatic N) is 3. The molecule has 3 rings (SSSR count). The quantitative estimate of drug-likeness (QED) is 0.818. The van der Waals surface area contributed by atoms with E-state index in [2.05, 4.69) is 22.0 Å². The first-order valence-corrected chi connectivity index (χ1v) is 11.1. The molecular weight excluding hydrogens is 340 g/mol. The van der Waals surface area contributed by atoms with Gasteiger partial charge in [-0.05, 0) is 58.8 Å². The number of likely N-dealkylation sites (tertiary alicyclic amines) is 1. The molecule has 0 radical (unpaired) electrons. The molecule has 27 heavy (non-hydrogen) atoms. The number of hydrogen-bond donors (Lipinski definition) is 1. The fraction of sp³-hybridized carbons (Fsp3) is 0.905. The van der Waals surface area contributed by atoms with Crippen LogP contribution in [0.15, 0.2) is 0 Å². The lowest BCUT2D eigenvalue weighted by molar-refractivity contribution is -0.143. The van der Waals surface area contributed by atoms with Crippen molar-refractivity contribution >= 4 is 11.9 Å². The molecule has 2 heterocycles. The van der Waals surface area contributed by atoms with Crippen LogP contribution in [-0.2, 0) is 4.79 Å². The molecule has 2 atom stereocenters. The molecule has 2 aliphatic heterocycles. The van der Waals surface area contributed by atoms with Crippen molar-refractivity contribution in [3.63, 3.8) is 0 Å². The van der Waals surface area contributed by atoms with Crippen LogP contribution >= 0.6 is 0 Å². The van der Waals surface area contributed by atoms with Gasteiger partial charge in [-0.2, -0.15) is 0 Å². The Morgan fingerprint density at radius 3 is 2.11 bits per heavy atom. The number of nitrogens with one attached hydrogen (secondary N) is 1. The normalized spacial score (nSPS) is 26.4. The second-order valence-corrected chi connectivity index (χ2v) is 8.99. The predicted octanol–water partition coefficient (Wildman–Crippen LogP) is 2.68. The molecule has 0 aromatic carbocycles. The van der Waals surface area contributed by atoms with Gasteiger partial charge in [-0.25, -0.2) is 4.79 Å². The smallest absolute Gasteiger partial charge is 0.317 e. The zero-order chi connectivity index (χ0) is 19.4. The molecule has 0 spiro atoms. The van der Waals surface area contributed by atoms with Gasteiger partial charge in [0.1, 0.15) is 0 Å². The Balaban J connectivity index is 1.65. The van der Waals surface area contributed by atoms with Crippen molar-refractivity contribution in [1.29, 1.82) is 0 Å². The number of urea groups is 1. The van der Waals surface area contributed by atoms with Crippen molar-refractivity contribution in [3.8, 4) is 0 Å². The summed E-state index contributed by atoms with van der Waals surface area (Å²) in [5.74, 6) is 0.844. The Labute approximate surface area is 164 Å². The summed E-state index contributed by atoms with van der Waals surface area (Å²) < 4.78 is 0. The summed E-state index contributed by atoms with van der Waals surface area (Å²) in [7, 11) is 0. The summed E-state index contributed by atoms with van der Waals surface area (Å²) in [6, 6.07) is 0.568. The average molecular weight is 379 g/mol. The van der Waals surface area contributed by atoms with E-state index >= 15 is 0 Å². The van der Waals surface area contributed by atoms with Crippen molar-refractivity contribution in [2.75, 3.05) is 32.7 Å². The maximum Gasteiger partial charge on any atom is 0.317 e. The highest BCUT2D eigenvalue weighted by Gasteiger charge is 2.40. The van der Waals surface area contributed by atoms with Gasteiger partial charge >= 0.3 is 6.03 Å². The number of piperidine rings is 1. The van der Waals surface area contributed by atoms with Crippen LogP contribution in [0.2, 0.25) is 0 Å². The third kappa shape index (κ3) is 4.95. The minimum Gasteiger partial charge on any atom is -0.339 e. The van der Waals surface area contributed by atoms with E-state index in [9.17, 15) is 9.59 Å². The maximum atomic E-state index is 13.5. The summed E-state index contributed by atoms with van der Waals surface area (Å²) in [5.41, 5.74) is 0. The van der Waals surface area contributed by atoms with E-state index in [1.165, 1.54) is 32.1 Å². The lowest BCUT2D eigenvalue weighted by atomic mass is 9.92. The van der Waals surface area contributed by atoms with Crippen molar-refractivity contribution in [3.05, 3.63) is 0 Å². The molecule has 0 aromatic heterocycles. The summed E-state index contributed by atoms with van der Waals surface area (Å²) in [4.78, 5) is 32.3. The fourth-order valence-electron chi connectivity index (χ4n) is 5.07. The van der Waals surface area contributed by atoms with Crippen molar-refractivity contribution in [2.24, 2.45) is 5.92 Å². The van der Waals surface area contributed by atoms with Crippen LogP contribution in [0.5, 0.6) is 0 Å². The van der Waals surface area contributed by atoms with Gasteiger partial charge in [0.2, 0.25) is 5.91 Å². The minimum atomic E-state index is 0.0170. The first-order chi connectivity index (χ1) is 13.0. The standard InChI is InChI=1S/C21H38N4O2/c1-16(2)22-21(27)24-14-12-23(13-15-24)19(18-9-4-5-10-18)20(26)25-11-7-6-8-17(25)3/h16-19H,4-15H2,1-3H3,(H,22,27). The molecule has 6 nitrogen and oxygen atoms in total. The zero-order valence-electron chi connectivity index (χ0n) is 17.5. The van der Waals surface area contributed by atoms with E-state index in [4.69, 9.17) is 0 Å². The van der Waals surface area contributed by atoms with E-state index < -0.39 is 0 Å². The van der Waals surface area contributed by atoms with E-state index in [0.29, 0.717) is 31.0 Å². The number of carbonyl (C=O) groups is 2. The molecule has 0 bridgehead atoms. The molecule has 6 heteroatoms. The molecule has 2 unspecified atom stereocenters. The number of rotatable bonds is 4.